The maximum atomic E-state index is 6.40. The summed E-state index contributed by atoms with van der Waals surface area (Å²) in [6.45, 7) is 2.02. The third-order valence-corrected chi connectivity index (χ3v) is 3.90. The highest BCUT2D eigenvalue weighted by Crippen LogP contribution is 2.39. The van der Waals surface area contributed by atoms with Crippen LogP contribution in [-0.2, 0) is 6.42 Å². The Kier molecular flexibility index (Phi) is 4.67. The van der Waals surface area contributed by atoms with E-state index >= 15 is 0 Å². The standard InChI is InChI=1S/C14H13Cl3O2/c1-3-8-4-5-12(19-8)14(17)9-6-11(16)13(18-2)7-10(9)15/h4-7,14H,3H2,1-2H3. The van der Waals surface area contributed by atoms with Crippen LogP contribution in [0.3, 0.4) is 0 Å². The minimum atomic E-state index is -0.476. The molecule has 0 aliphatic heterocycles. The SMILES string of the molecule is CCc1ccc(C(Cl)c2cc(Cl)c(OC)cc2Cl)o1. The first kappa shape index (κ1) is 14.6. The van der Waals surface area contributed by atoms with Gasteiger partial charge in [-0.1, -0.05) is 30.1 Å². The highest BCUT2D eigenvalue weighted by molar-refractivity contribution is 6.36. The van der Waals surface area contributed by atoms with Crippen molar-refractivity contribution in [2.24, 2.45) is 0 Å². The van der Waals surface area contributed by atoms with E-state index in [1.54, 1.807) is 12.1 Å². The lowest BCUT2D eigenvalue weighted by Gasteiger charge is -2.12. The second-order valence-electron chi connectivity index (χ2n) is 4.03. The Hall–Kier alpha value is -0.830. The van der Waals surface area contributed by atoms with E-state index in [2.05, 4.69) is 0 Å². The van der Waals surface area contributed by atoms with Gasteiger partial charge in [0, 0.05) is 17.5 Å². The summed E-state index contributed by atoms with van der Waals surface area (Å²) >= 11 is 18.7. The van der Waals surface area contributed by atoms with Crippen LogP contribution in [0.25, 0.3) is 0 Å². The summed E-state index contributed by atoms with van der Waals surface area (Å²) in [4.78, 5) is 0. The quantitative estimate of drug-likeness (QED) is 0.696. The number of benzene rings is 1. The normalized spacial score (nSPS) is 12.5. The second-order valence-corrected chi connectivity index (χ2v) is 5.28. The zero-order valence-corrected chi connectivity index (χ0v) is 12.8. The van der Waals surface area contributed by atoms with Gasteiger partial charge in [-0.2, -0.15) is 0 Å². The zero-order valence-electron chi connectivity index (χ0n) is 10.5. The molecule has 5 heteroatoms. The molecule has 1 aromatic heterocycles. The van der Waals surface area contributed by atoms with E-state index < -0.39 is 5.38 Å². The Morgan fingerprint density at radius 1 is 1.21 bits per heavy atom. The minimum absolute atomic E-state index is 0.467. The maximum Gasteiger partial charge on any atom is 0.138 e. The fourth-order valence-corrected chi connectivity index (χ4v) is 2.63. The zero-order chi connectivity index (χ0) is 14.0. The van der Waals surface area contributed by atoms with E-state index in [-0.39, 0.29) is 0 Å². The molecule has 1 aromatic carbocycles. The highest BCUT2D eigenvalue weighted by atomic mass is 35.5. The lowest BCUT2D eigenvalue weighted by molar-refractivity contribution is 0.415. The summed E-state index contributed by atoms with van der Waals surface area (Å²) in [5, 5.41) is 0.488. The van der Waals surface area contributed by atoms with E-state index in [4.69, 9.17) is 44.0 Å². The molecule has 0 amide bonds. The van der Waals surface area contributed by atoms with Gasteiger partial charge >= 0.3 is 0 Å². The summed E-state index contributed by atoms with van der Waals surface area (Å²) in [5.74, 6) is 2.06. The van der Waals surface area contributed by atoms with Gasteiger partial charge in [0.1, 0.15) is 22.6 Å². The van der Waals surface area contributed by atoms with Gasteiger partial charge in [0.15, 0.2) is 0 Å². The predicted octanol–water partition coefficient (Wildman–Crippen LogP) is 5.49. The molecule has 1 atom stereocenters. The number of halogens is 3. The van der Waals surface area contributed by atoms with Crippen LogP contribution in [0.4, 0.5) is 0 Å². The van der Waals surface area contributed by atoms with Crippen LogP contribution in [-0.4, -0.2) is 7.11 Å². The van der Waals surface area contributed by atoms with Gasteiger partial charge in [-0.15, -0.1) is 11.6 Å². The molecule has 102 valence electrons. The van der Waals surface area contributed by atoms with E-state index in [0.717, 1.165) is 12.2 Å². The van der Waals surface area contributed by atoms with Gasteiger partial charge < -0.3 is 9.15 Å². The van der Waals surface area contributed by atoms with Crippen LogP contribution >= 0.6 is 34.8 Å². The van der Waals surface area contributed by atoms with Crippen molar-refractivity contribution < 1.29 is 9.15 Å². The maximum absolute atomic E-state index is 6.40. The summed E-state index contributed by atoms with van der Waals surface area (Å²) < 4.78 is 10.7. The molecule has 1 unspecified atom stereocenters. The number of hydrogen-bond donors (Lipinski definition) is 0. The largest absolute Gasteiger partial charge is 0.495 e. The van der Waals surface area contributed by atoms with Crippen LogP contribution in [0.15, 0.2) is 28.7 Å². The summed E-state index contributed by atoms with van der Waals surface area (Å²) in [7, 11) is 1.54. The van der Waals surface area contributed by atoms with Gasteiger partial charge in [-0.05, 0) is 23.8 Å². The van der Waals surface area contributed by atoms with Crippen LogP contribution < -0.4 is 4.74 Å². The third kappa shape index (κ3) is 3.02. The number of methoxy groups -OCH3 is 1. The second kappa shape index (κ2) is 6.08. The number of alkyl halides is 1. The Morgan fingerprint density at radius 2 is 1.95 bits per heavy atom. The molecule has 0 radical (unpaired) electrons. The molecule has 1 heterocycles. The molecule has 0 fully saturated rings. The molecule has 2 aromatic rings. The highest BCUT2D eigenvalue weighted by Gasteiger charge is 2.20. The van der Waals surface area contributed by atoms with E-state index in [1.807, 2.05) is 19.1 Å². The van der Waals surface area contributed by atoms with Gasteiger partial charge in [0.25, 0.3) is 0 Å². The van der Waals surface area contributed by atoms with Crippen LogP contribution in [0.5, 0.6) is 5.75 Å². The monoisotopic (exact) mass is 318 g/mol. The molecule has 2 nitrogen and oxygen atoms in total. The van der Waals surface area contributed by atoms with Crippen LogP contribution in [0.2, 0.25) is 10.0 Å². The van der Waals surface area contributed by atoms with Crippen molar-refractivity contribution in [1.29, 1.82) is 0 Å². The molecule has 0 bridgehead atoms. The van der Waals surface area contributed by atoms with Crippen molar-refractivity contribution in [3.05, 3.63) is 51.4 Å². The molecule has 0 aliphatic rings. The molecule has 0 aliphatic carbocycles. The van der Waals surface area contributed by atoms with Crippen molar-refractivity contribution in [1.82, 2.24) is 0 Å². The fourth-order valence-electron chi connectivity index (χ4n) is 1.77. The molecule has 0 saturated heterocycles. The molecule has 0 spiro atoms. The number of aryl methyl sites for hydroxylation is 1. The Morgan fingerprint density at radius 3 is 2.53 bits per heavy atom. The van der Waals surface area contributed by atoms with Gasteiger partial charge in [-0.25, -0.2) is 0 Å². The number of furan rings is 1. The summed E-state index contributed by atoms with van der Waals surface area (Å²) in [5.41, 5.74) is 0.700. The minimum Gasteiger partial charge on any atom is -0.495 e. The number of hydrogen-bond acceptors (Lipinski definition) is 2. The Labute approximate surface area is 127 Å². The van der Waals surface area contributed by atoms with Gasteiger partial charge in [-0.3, -0.25) is 0 Å². The van der Waals surface area contributed by atoms with Crippen LogP contribution in [0.1, 0.15) is 29.4 Å². The smallest absolute Gasteiger partial charge is 0.138 e. The van der Waals surface area contributed by atoms with Gasteiger partial charge in [0.05, 0.1) is 12.1 Å². The van der Waals surface area contributed by atoms with Crippen molar-refractivity contribution in [3.63, 3.8) is 0 Å². The third-order valence-electron chi connectivity index (χ3n) is 2.82. The first-order chi connectivity index (χ1) is 9.06. The van der Waals surface area contributed by atoms with Crippen LogP contribution in [0, 0.1) is 0 Å². The van der Waals surface area contributed by atoms with E-state index in [1.165, 1.54) is 7.11 Å². The van der Waals surface area contributed by atoms with E-state index in [9.17, 15) is 0 Å². The molecular formula is C14H13Cl3O2. The molecular weight excluding hydrogens is 307 g/mol. The van der Waals surface area contributed by atoms with Crippen molar-refractivity contribution in [3.8, 4) is 5.75 Å². The average Bonchev–Trinajstić information content (AvgIpc) is 2.89. The Bertz CT molecular complexity index is 578. The molecule has 0 saturated carbocycles. The molecule has 0 N–H and O–H groups in total. The van der Waals surface area contributed by atoms with E-state index in [0.29, 0.717) is 27.1 Å². The Balaban J connectivity index is 2.38. The topological polar surface area (TPSA) is 22.4 Å². The van der Waals surface area contributed by atoms with Crippen molar-refractivity contribution in [2.75, 3.05) is 7.11 Å². The van der Waals surface area contributed by atoms with Crippen molar-refractivity contribution >= 4 is 34.8 Å². The summed E-state index contributed by atoms with van der Waals surface area (Å²) in [6, 6.07) is 7.11. The first-order valence-electron chi connectivity index (χ1n) is 5.82. The fraction of sp³-hybridized carbons (Fsp3) is 0.286. The number of rotatable bonds is 4. The predicted molar refractivity (Wildman–Crippen MR) is 78.8 cm³/mol. The lowest BCUT2D eigenvalue weighted by Crippen LogP contribution is -1.95. The molecule has 19 heavy (non-hydrogen) atoms. The van der Waals surface area contributed by atoms with Gasteiger partial charge in [0.2, 0.25) is 0 Å². The number of ether oxygens (including phenoxy) is 1. The average molecular weight is 320 g/mol. The molecule has 2 rings (SSSR count). The van der Waals surface area contributed by atoms with Crippen molar-refractivity contribution in [2.45, 2.75) is 18.7 Å². The summed E-state index contributed by atoms with van der Waals surface area (Å²) in [6.07, 6.45) is 0.820. The lowest BCUT2D eigenvalue weighted by atomic mass is 10.1. The first-order valence-corrected chi connectivity index (χ1v) is 7.01.